The van der Waals surface area contributed by atoms with E-state index in [-0.39, 0.29) is 11.9 Å². The van der Waals surface area contributed by atoms with Crippen LogP contribution in [0, 0.1) is 13.8 Å². The highest BCUT2D eigenvalue weighted by molar-refractivity contribution is 5.81. The zero-order chi connectivity index (χ0) is 19.8. The summed E-state index contributed by atoms with van der Waals surface area (Å²) in [4.78, 5) is 12.6. The van der Waals surface area contributed by atoms with E-state index < -0.39 is 6.10 Å². The van der Waals surface area contributed by atoms with Gasteiger partial charge in [-0.2, -0.15) is 0 Å². The van der Waals surface area contributed by atoms with Gasteiger partial charge in [0.1, 0.15) is 23.9 Å². The Morgan fingerprint density at radius 2 is 1.74 bits per heavy atom. The summed E-state index contributed by atoms with van der Waals surface area (Å²) in [5.41, 5.74) is 2.20. The first-order valence-corrected chi connectivity index (χ1v) is 9.24. The summed E-state index contributed by atoms with van der Waals surface area (Å²) in [5.74, 6) is 2.12. The Morgan fingerprint density at radius 3 is 2.37 bits per heavy atom. The molecule has 0 heterocycles. The van der Waals surface area contributed by atoms with Crippen molar-refractivity contribution in [2.45, 2.75) is 46.3 Å². The lowest BCUT2D eigenvalue weighted by Gasteiger charge is -2.22. The van der Waals surface area contributed by atoms with Crippen molar-refractivity contribution in [2.75, 3.05) is 13.7 Å². The molecule has 1 N–H and O–H groups in total. The maximum absolute atomic E-state index is 12.6. The summed E-state index contributed by atoms with van der Waals surface area (Å²) in [6.07, 6.45) is 0.0552. The van der Waals surface area contributed by atoms with E-state index in [4.69, 9.17) is 14.2 Å². The predicted molar refractivity (Wildman–Crippen MR) is 107 cm³/mol. The molecule has 2 aromatic rings. The van der Waals surface area contributed by atoms with E-state index in [1.54, 1.807) is 7.11 Å². The average Bonchev–Trinajstić information content (AvgIpc) is 2.67. The summed E-state index contributed by atoms with van der Waals surface area (Å²) in [6.45, 7) is 8.25. The van der Waals surface area contributed by atoms with Crippen LogP contribution in [-0.2, 0) is 4.79 Å². The van der Waals surface area contributed by atoms with Crippen LogP contribution in [-0.4, -0.2) is 31.8 Å². The van der Waals surface area contributed by atoms with Crippen molar-refractivity contribution >= 4 is 5.91 Å². The lowest BCUT2D eigenvalue weighted by molar-refractivity contribution is -0.129. The van der Waals surface area contributed by atoms with E-state index in [0.29, 0.717) is 13.0 Å². The monoisotopic (exact) mass is 371 g/mol. The normalized spacial score (nSPS) is 12.8. The molecule has 0 aliphatic heterocycles. The molecule has 0 radical (unpaired) electrons. The molecule has 0 bridgehead atoms. The number of aryl methyl sites for hydroxylation is 1. The molecule has 146 valence electrons. The van der Waals surface area contributed by atoms with Crippen LogP contribution in [0.25, 0.3) is 0 Å². The number of benzene rings is 2. The fourth-order valence-electron chi connectivity index (χ4n) is 2.60. The third-order valence-corrected chi connectivity index (χ3v) is 4.44. The Hall–Kier alpha value is -2.69. The topological polar surface area (TPSA) is 56.8 Å². The molecule has 0 saturated carbocycles. The molecule has 2 aromatic carbocycles. The van der Waals surface area contributed by atoms with Crippen molar-refractivity contribution < 1.29 is 19.0 Å². The van der Waals surface area contributed by atoms with Gasteiger partial charge in [0.15, 0.2) is 6.10 Å². The number of rotatable bonds is 9. The molecule has 0 aliphatic rings. The van der Waals surface area contributed by atoms with Gasteiger partial charge in [0.2, 0.25) is 0 Å². The van der Waals surface area contributed by atoms with Crippen LogP contribution in [0.4, 0.5) is 0 Å². The van der Waals surface area contributed by atoms with Crippen molar-refractivity contribution in [3.05, 3.63) is 53.6 Å². The third-order valence-electron chi connectivity index (χ3n) is 4.44. The third kappa shape index (κ3) is 5.91. The van der Waals surface area contributed by atoms with Crippen molar-refractivity contribution in [3.63, 3.8) is 0 Å². The second kappa shape index (κ2) is 9.86. The standard InChI is InChI=1S/C22H29NO4/c1-6-20(27-21-9-7-8-15(2)17(21)4)22(24)23-16(3)14-26-19-12-10-18(25-5)11-13-19/h7-13,16,20H,6,14H2,1-5H3,(H,23,24)/t16-,20-/m1/s1. The number of hydrogen-bond acceptors (Lipinski definition) is 4. The molecular weight excluding hydrogens is 342 g/mol. The zero-order valence-electron chi connectivity index (χ0n) is 16.7. The second-order valence-corrected chi connectivity index (χ2v) is 6.61. The van der Waals surface area contributed by atoms with Gasteiger partial charge in [-0.1, -0.05) is 19.1 Å². The molecule has 27 heavy (non-hydrogen) atoms. The predicted octanol–water partition coefficient (Wildman–Crippen LogP) is 4.05. The quantitative estimate of drug-likeness (QED) is 0.722. The van der Waals surface area contributed by atoms with Gasteiger partial charge < -0.3 is 19.5 Å². The Bertz CT molecular complexity index is 742. The van der Waals surface area contributed by atoms with Crippen LogP contribution in [0.2, 0.25) is 0 Å². The minimum Gasteiger partial charge on any atom is -0.497 e. The van der Waals surface area contributed by atoms with Crippen molar-refractivity contribution in [3.8, 4) is 17.2 Å². The molecule has 0 spiro atoms. The van der Waals surface area contributed by atoms with Crippen LogP contribution >= 0.6 is 0 Å². The number of ether oxygens (including phenoxy) is 3. The summed E-state index contributed by atoms with van der Waals surface area (Å²) in [7, 11) is 1.62. The molecule has 0 aliphatic carbocycles. The minimum absolute atomic E-state index is 0.135. The maximum Gasteiger partial charge on any atom is 0.261 e. The van der Waals surface area contributed by atoms with Gasteiger partial charge in [0.05, 0.1) is 13.2 Å². The second-order valence-electron chi connectivity index (χ2n) is 6.61. The lowest BCUT2D eigenvalue weighted by atomic mass is 10.1. The minimum atomic E-state index is -0.533. The van der Waals surface area contributed by atoms with Gasteiger partial charge in [-0.15, -0.1) is 0 Å². The number of amides is 1. The molecule has 1 amide bonds. The maximum atomic E-state index is 12.6. The Kier molecular flexibility index (Phi) is 7.53. The van der Waals surface area contributed by atoms with Crippen molar-refractivity contribution in [2.24, 2.45) is 0 Å². The van der Waals surface area contributed by atoms with Crippen molar-refractivity contribution in [1.82, 2.24) is 5.32 Å². The summed E-state index contributed by atoms with van der Waals surface area (Å²) >= 11 is 0. The largest absolute Gasteiger partial charge is 0.497 e. The number of carbonyl (C=O) groups excluding carboxylic acids is 1. The van der Waals surface area contributed by atoms with E-state index in [1.807, 2.05) is 70.2 Å². The van der Waals surface area contributed by atoms with E-state index in [1.165, 1.54) is 0 Å². The molecule has 0 saturated heterocycles. The van der Waals surface area contributed by atoms with E-state index in [2.05, 4.69) is 5.32 Å². The SMILES string of the molecule is CC[C@@H](Oc1cccc(C)c1C)C(=O)N[C@H](C)COc1ccc(OC)cc1. The summed E-state index contributed by atoms with van der Waals surface area (Å²) < 4.78 is 16.8. The highest BCUT2D eigenvalue weighted by atomic mass is 16.5. The molecule has 0 fully saturated rings. The lowest BCUT2D eigenvalue weighted by Crippen LogP contribution is -2.44. The smallest absolute Gasteiger partial charge is 0.261 e. The van der Waals surface area contributed by atoms with E-state index in [9.17, 15) is 4.79 Å². The number of methoxy groups -OCH3 is 1. The first-order chi connectivity index (χ1) is 12.9. The molecule has 5 heteroatoms. The summed E-state index contributed by atoms with van der Waals surface area (Å²) in [5, 5.41) is 2.96. The average molecular weight is 371 g/mol. The Labute approximate surface area is 161 Å². The first kappa shape index (κ1) is 20.6. The first-order valence-electron chi connectivity index (χ1n) is 9.24. The number of carbonyl (C=O) groups is 1. The van der Waals surface area contributed by atoms with Crippen LogP contribution in [0.1, 0.15) is 31.4 Å². The molecule has 2 rings (SSSR count). The summed E-state index contributed by atoms with van der Waals surface area (Å²) in [6, 6.07) is 13.1. The van der Waals surface area contributed by atoms with Crippen molar-refractivity contribution in [1.29, 1.82) is 0 Å². The molecule has 2 atom stereocenters. The van der Waals surface area contributed by atoms with Gasteiger partial charge in [-0.3, -0.25) is 4.79 Å². The Balaban J connectivity index is 1.88. The molecule has 0 unspecified atom stereocenters. The van der Waals surface area contributed by atoms with Crippen LogP contribution in [0.15, 0.2) is 42.5 Å². The van der Waals surface area contributed by atoms with Gasteiger partial charge in [-0.25, -0.2) is 0 Å². The molecular formula is C22H29NO4. The number of nitrogens with one attached hydrogen (secondary N) is 1. The highest BCUT2D eigenvalue weighted by Gasteiger charge is 2.21. The molecule has 0 aromatic heterocycles. The van der Waals surface area contributed by atoms with Gasteiger partial charge in [0.25, 0.3) is 5.91 Å². The van der Waals surface area contributed by atoms with E-state index in [0.717, 1.165) is 28.4 Å². The molecule has 5 nitrogen and oxygen atoms in total. The highest BCUT2D eigenvalue weighted by Crippen LogP contribution is 2.22. The fourth-order valence-corrected chi connectivity index (χ4v) is 2.60. The number of hydrogen-bond donors (Lipinski definition) is 1. The zero-order valence-corrected chi connectivity index (χ0v) is 16.7. The Morgan fingerprint density at radius 1 is 1.07 bits per heavy atom. The van der Waals surface area contributed by atoms with Gasteiger partial charge in [0, 0.05) is 0 Å². The van der Waals surface area contributed by atoms with E-state index >= 15 is 0 Å². The van der Waals surface area contributed by atoms with Gasteiger partial charge >= 0.3 is 0 Å². The van der Waals surface area contributed by atoms with Crippen LogP contribution in [0.5, 0.6) is 17.2 Å². The van der Waals surface area contributed by atoms with Gasteiger partial charge in [-0.05, 0) is 68.7 Å². The van der Waals surface area contributed by atoms with Crippen LogP contribution in [0.3, 0.4) is 0 Å². The van der Waals surface area contributed by atoms with Crippen LogP contribution < -0.4 is 19.5 Å². The fraction of sp³-hybridized carbons (Fsp3) is 0.409.